The van der Waals surface area contributed by atoms with Crippen LogP contribution in [0.2, 0.25) is 0 Å². The molecule has 0 unspecified atom stereocenters. The summed E-state index contributed by atoms with van der Waals surface area (Å²) >= 11 is 1.58. The molecule has 0 radical (unpaired) electrons. The van der Waals surface area contributed by atoms with Crippen LogP contribution in [-0.2, 0) is 14.8 Å². The molecular weight excluding hydrogens is 559 g/mol. The van der Waals surface area contributed by atoms with Crippen molar-refractivity contribution >= 4 is 63.5 Å². The highest BCUT2D eigenvalue weighted by Gasteiger charge is 2.55. The van der Waals surface area contributed by atoms with E-state index >= 15 is 0 Å². The third-order valence-corrected chi connectivity index (χ3v) is 10.3. The molecule has 208 valence electrons. The van der Waals surface area contributed by atoms with E-state index in [1.165, 1.54) is 4.31 Å². The highest BCUT2D eigenvalue weighted by molar-refractivity contribution is 7.91. The molecule has 4 rings (SSSR count). The minimum Gasteiger partial charge on any atom is -0.494 e. The van der Waals surface area contributed by atoms with Gasteiger partial charge in [0.2, 0.25) is 10.0 Å². The Labute approximate surface area is 235 Å². The number of anilines is 2. The van der Waals surface area contributed by atoms with E-state index in [4.69, 9.17) is 4.74 Å². The van der Waals surface area contributed by atoms with E-state index in [9.17, 15) is 18.4 Å². The molecule has 2 aromatic rings. The molecule has 1 aromatic heterocycles. The van der Waals surface area contributed by atoms with Crippen LogP contribution >= 0.6 is 36.2 Å². The summed E-state index contributed by atoms with van der Waals surface area (Å²) in [4.78, 5) is 17.0. The van der Waals surface area contributed by atoms with Crippen LogP contribution in [0.3, 0.4) is 0 Å². The van der Waals surface area contributed by atoms with Gasteiger partial charge in [-0.15, -0.1) is 24.8 Å². The molecule has 0 aliphatic carbocycles. The second-order valence-corrected chi connectivity index (χ2v) is 12.0. The Kier molecular flexibility index (Phi) is 11.8. The summed E-state index contributed by atoms with van der Waals surface area (Å²) in [5.74, 6) is -0.0160. The Morgan fingerprint density at radius 3 is 2.16 bits per heavy atom. The van der Waals surface area contributed by atoms with E-state index in [0.29, 0.717) is 32.8 Å². The van der Waals surface area contributed by atoms with Crippen molar-refractivity contribution in [1.29, 1.82) is 0 Å². The number of ether oxygens (including phenoxy) is 1. The monoisotopic (exact) mass is 594 g/mol. The fraction of sp³-hybridized carbons (Fsp3) is 0.542. The van der Waals surface area contributed by atoms with E-state index in [-0.39, 0.29) is 50.7 Å². The van der Waals surface area contributed by atoms with Gasteiger partial charge in [0.15, 0.2) is 4.75 Å². The molecule has 2 aliphatic heterocycles. The fourth-order valence-corrected chi connectivity index (χ4v) is 7.57. The minimum absolute atomic E-state index is 0. The molecule has 2 aliphatic rings. The molecule has 0 bridgehead atoms. The van der Waals surface area contributed by atoms with Crippen molar-refractivity contribution in [3.8, 4) is 5.75 Å². The highest BCUT2D eigenvalue weighted by Crippen LogP contribution is 2.36. The number of hydroxylamine groups is 1. The van der Waals surface area contributed by atoms with E-state index in [0.717, 1.165) is 30.0 Å². The van der Waals surface area contributed by atoms with Gasteiger partial charge in [0.1, 0.15) is 5.75 Å². The lowest BCUT2D eigenvalue weighted by atomic mass is 9.94. The standard InChI is InChI=1S/C24H34N4O5S2.2ClH/c1-2-3-17-33-22-6-4-20(5-7-22)27-13-15-28(16-14-27)35(31,32)24(23(29)25-30)9-11-26(12-10-24)21-8-18-34-19-21;;/h4-8,18-19,30H,2-3,9-17H2,1H3,(H,25,29);2*1H. The van der Waals surface area contributed by atoms with Gasteiger partial charge >= 0.3 is 0 Å². The number of nitrogens with zero attached hydrogens (tertiary/aromatic N) is 3. The summed E-state index contributed by atoms with van der Waals surface area (Å²) in [5, 5.41) is 13.4. The van der Waals surface area contributed by atoms with Gasteiger partial charge in [-0.2, -0.15) is 15.6 Å². The summed E-state index contributed by atoms with van der Waals surface area (Å²) in [6.45, 7) is 5.28. The summed E-state index contributed by atoms with van der Waals surface area (Å²) in [6.07, 6.45) is 2.34. The third-order valence-electron chi connectivity index (χ3n) is 7.00. The number of amides is 1. The number of carbonyl (C=O) groups is 1. The van der Waals surface area contributed by atoms with Crippen LogP contribution < -0.4 is 20.0 Å². The zero-order valence-electron chi connectivity index (χ0n) is 20.9. The quantitative estimate of drug-likeness (QED) is 0.259. The summed E-state index contributed by atoms with van der Waals surface area (Å²) in [7, 11) is -3.98. The maximum absolute atomic E-state index is 13.8. The molecule has 9 nitrogen and oxygen atoms in total. The number of sulfonamides is 1. The average molecular weight is 596 g/mol. The number of benzene rings is 1. The predicted molar refractivity (Wildman–Crippen MR) is 152 cm³/mol. The van der Waals surface area contributed by atoms with Crippen LogP contribution in [0.15, 0.2) is 41.1 Å². The number of hydrogen-bond acceptors (Lipinski definition) is 8. The SMILES string of the molecule is CCCCOc1ccc(N2CCN(S(=O)(=O)C3(C(=O)NO)CCN(c4ccsc4)CC3)CC2)cc1.Cl.Cl. The maximum Gasteiger partial charge on any atom is 0.266 e. The predicted octanol–water partition coefficient (Wildman–Crippen LogP) is 3.77. The molecule has 2 saturated heterocycles. The van der Waals surface area contributed by atoms with Crippen molar-refractivity contribution in [3.05, 3.63) is 41.1 Å². The first kappa shape index (κ1) is 31.5. The van der Waals surface area contributed by atoms with Gasteiger partial charge in [-0.25, -0.2) is 13.9 Å². The lowest BCUT2D eigenvalue weighted by molar-refractivity contribution is -0.132. The van der Waals surface area contributed by atoms with Crippen LogP contribution in [0.1, 0.15) is 32.6 Å². The average Bonchev–Trinajstić information content (AvgIpc) is 3.44. The van der Waals surface area contributed by atoms with Crippen LogP contribution in [0, 0.1) is 0 Å². The van der Waals surface area contributed by atoms with E-state index < -0.39 is 20.7 Å². The van der Waals surface area contributed by atoms with Gasteiger partial charge < -0.3 is 14.5 Å². The zero-order chi connectivity index (χ0) is 24.9. The number of unbranched alkanes of at least 4 members (excludes halogenated alkanes) is 1. The first-order valence-electron chi connectivity index (χ1n) is 12.1. The first-order chi connectivity index (χ1) is 16.9. The highest BCUT2D eigenvalue weighted by atomic mass is 35.5. The van der Waals surface area contributed by atoms with Gasteiger partial charge in [-0.05, 0) is 55.0 Å². The van der Waals surface area contributed by atoms with Crippen LogP contribution in [0.5, 0.6) is 5.75 Å². The van der Waals surface area contributed by atoms with Crippen molar-refractivity contribution < 1.29 is 23.2 Å². The van der Waals surface area contributed by atoms with Gasteiger partial charge in [0, 0.05) is 56.0 Å². The van der Waals surface area contributed by atoms with Gasteiger partial charge in [0.25, 0.3) is 5.91 Å². The smallest absolute Gasteiger partial charge is 0.266 e. The number of hydrogen-bond donors (Lipinski definition) is 2. The molecule has 3 heterocycles. The maximum atomic E-state index is 13.8. The Morgan fingerprint density at radius 2 is 1.62 bits per heavy atom. The summed E-state index contributed by atoms with van der Waals surface area (Å²) < 4.78 is 33.0. The second kappa shape index (κ2) is 13.9. The summed E-state index contributed by atoms with van der Waals surface area (Å²) in [6, 6.07) is 9.85. The molecule has 0 spiro atoms. The third kappa shape index (κ3) is 6.63. The molecule has 2 N–H and O–H groups in total. The van der Waals surface area contributed by atoms with E-state index in [2.05, 4.69) is 16.7 Å². The van der Waals surface area contributed by atoms with Crippen LogP contribution in [0.4, 0.5) is 11.4 Å². The number of carbonyl (C=O) groups excluding carboxylic acids is 1. The Balaban J connectivity index is 0.00000241. The first-order valence-corrected chi connectivity index (χ1v) is 14.5. The normalized spacial score (nSPS) is 17.9. The molecule has 2 fully saturated rings. The largest absolute Gasteiger partial charge is 0.494 e. The van der Waals surface area contributed by atoms with Gasteiger partial charge in [-0.1, -0.05) is 13.3 Å². The van der Waals surface area contributed by atoms with Crippen molar-refractivity contribution in [2.24, 2.45) is 0 Å². The summed E-state index contributed by atoms with van der Waals surface area (Å²) in [5.41, 5.74) is 3.68. The van der Waals surface area contributed by atoms with Crippen LogP contribution in [-0.4, -0.2) is 74.5 Å². The number of piperazine rings is 1. The number of halogens is 2. The fourth-order valence-electron chi connectivity index (χ4n) is 4.79. The Morgan fingerprint density at radius 1 is 1.00 bits per heavy atom. The Bertz CT molecular complexity index is 1070. The number of rotatable bonds is 9. The van der Waals surface area contributed by atoms with Crippen molar-refractivity contribution in [2.45, 2.75) is 37.4 Å². The van der Waals surface area contributed by atoms with Crippen molar-refractivity contribution in [3.63, 3.8) is 0 Å². The van der Waals surface area contributed by atoms with Crippen LogP contribution in [0.25, 0.3) is 0 Å². The topological polar surface area (TPSA) is 102 Å². The lowest BCUT2D eigenvalue weighted by Gasteiger charge is -2.44. The molecule has 37 heavy (non-hydrogen) atoms. The number of piperidine rings is 1. The van der Waals surface area contributed by atoms with Gasteiger partial charge in [0.05, 0.1) is 6.61 Å². The molecule has 13 heteroatoms. The zero-order valence-corrected chi connectivity index (χ0v) is 24.1. The van der Waals surface area contributed by atoms with E-state index in [1.807, 2.05) is 41.1 Å². The molecule has 1 amide bonds. The minimum atomic E-state index is -3.98. The second-order valence-electron chi connectivity index (χ2n) is 8.99. The number of thiophene rings is 1. The van der Waals surface area contributed by atoms with Crippen molar-refractivity contribution in [2.75, 3.05) is 55.7 Å². The van der Waals surface area contributed by atoms with E-state index in [1.54, 1.807) is 16.8 Å². The Hall–Kier alpha value is -1.76. The molecule has 0 saturated carbocycles. The molecule has 1 aromatic carbocycles. The molecular formula is C24H36Cl2N4O5S2. The number of nitrogens with one attached hydrogen (secondary N) is 1. The molecule has 0 atom stereocenters. The van der Waals surface area contributed by atoms with Crippen molar-refractivity contribution in [1.82, 2.24) is 9.79 Å². The van der Waals surface area contributed by atoms with Gasteiger partial charge in [-0.3, -0.25) is 10.0 Å². The lowest BCUT2D eigenvalue weighted by Crippen LogP contribution is -2.63.